The third-order valence-electron chi connectivity index (χ3n) is 4.57. The Morgan fingerprint density at radius 1 is 1.13 bits per heavy atom. The standard InChI is InChI=1S/C22H25F3N2O2S/c1-15-5-4-6-17(13-15)20(28)26-19(11-12-30-3)21(29)27(2)14-16-7-9-18(10-8-16)22(23,24)25/h4-10,13,19H,11-12,14H2,1-3H3,(H,26,28). The van der Waals surface area contributed by atoms with E-state index in [0.29, 0.717) is 23.3 Å². The molecule has 0 radical (unpaired) electrons. The maximum absolute atomic E-state index is 12.9. The molecular formula is C22H25F3N2O2S. The summed E-state index contributed by atoms with van der Waals surface area (Å²) in [6, 6.07) is 11.1. The minimum Gasteiger partial charge on any atom is -0.340 e. The van der Waals surface area contributed by atoms with Crippen LogP contribution in [0.1, 0.15) is 33.5 Å². The maximum atomic E-state index is 12.9. The van der Waals surface area contributed by atoms with E-state index in [2.05, 4.69) is 5.32 Å². The summed E-state index contributed by atoms with van der Waals surface area (Å²) < 4.78 is 38.1. The van der Waals surface area contributed by atoms with Crippen LogP contribution in [0, 0.1) is 6.92 Å². The van der Waals surface area contributed by atoms with Gasteiger partial charge in [0, 0.05) is 19.2 Å². The van der Waals surface area contributed by atoms with Gasteiger partial charge in [-0.2, -0.15) is 24.9 Å². The molecule has 162 valence electrons. The van der Waals surface area contributed by atoms with Crippen LogP contribution in [0.5, 0.6) is 0 Å². The lowest BCUT2D eigenvalue weighted by Crippen LogP contribution is -2.47. The van der Waals surface area contributed by atoms with Gasteiger partial charge in [-0.25, -0.2) is 0 Å². The van der Waals surface area contributed by atoms with Gasteiger partial charge in [0.25, 0.3) is 5.91 Å². The summed E-state index contributed by atoms with van der Waals surface area (Å²) in [5, 5.41) is 2.80. The monoisotopic (exact) mass is 438 g/mol. The predicted octanol–water partition coefficient (Wildman–Crippen LogP) is 4.52. The molecule has 0 saturated heterocycles. The Kier molecular flexibility index (Phi) is 8.34. The van der Waals surface area contributed by atoms with Crippen molar-refractivity contribution in [1.82, 2.24) is 10.2 Å². The van der Waals surface area contributed by atoms with Crippen LogP contribution < -0.4 is 5.32 Å². The van der Waals surface area contributed by atoms with E-state index in [1.165, 1.54) is 17.0 Å². The van der Waals surface area contributed by atoms with E-state index < -0.39 is 17.8 Å². The minimum absolute atomic E-state index is 0.146. The number of hydrogen-bond donors (Lipinski definition) is 1. The van der Waals surface area contributed by atoms with Crippen molar-refractivity contribution in [1.29, 1.82) is 0 Å². The molecule has 1 N–H and O–H groups in total. The van der Waals surface area contributed by atoms with Gasteiger partial charge in [-0.15, -0.1) is 0 Å². The summed E-state index contributed by atoms with van der Waals surface area (Å²) in [5.74, 6) is 0.0598. The van der Waals surface area contributed by atoms with E-state index in [9.17, 15) is 22.8 Å². The lowest BCUT2D eigenvalue weighted by atomic mass is 10.1. The van der Waals surface area contributed by atoms with Crippen LogP contribution in [-0.2, 0) is 17.5 Å². The molecule has 0 aliphatic carbocycles. The third kappa shape index (κ3) is 6.79. The zero-order valence-electron chi connectivity index (χ0n) is 17.1. The fourth-order valence-electron chi connectivity index (χ4n) is 2.94. The number of rotatable bonds is 8. The van der Waals surface area contributed by atoms with E-state index in [4.69, 9.17) is 0 Å². The van der Waals surface area contributed by atoms with Gasteiger partial charge in [0.1, 0.15) is 6.04 Å². The molecule has 2 aromatic rings. The highest BCUT2D eigenvalue weighted by molar-refractivity contribution is 7.98. The van der Waals surface area contributed by atoms with Crippen LogP contribution in [0.2, 0.25) is 0 Å². The van der Waals surface area contributed by atoms with Gasteiger partial charge in [-0.1, -0.05) is 29.8 Å². The van der Waals surface area contributed by atoms with Crippen molar-refractivity contribution in [2.75, 3.05) is 19.1 Å². The quantitative estimate of drug-likeness (QED) is 0.659. The number of likely N-dealkylation sites (N-methyl/N-ethyl adjacent to an activating group) is 1. The van der Waals surface area contributed by atoms with Crippen LogP contribution >= 0.6 is 11.8 Å². The summed E-state index contributed by atoms with van der Waals surface area (Å²) >= 11 is 1.56. The van der Waals surface area contributed by atoms with E-state index in [1.807, 2.05) is 19.2 Å². The number of aryl methyl sites for hydroxylation is 1. The van der Waals surface area contributed by atoms with Crippen LogP contribution in [0.4, 0.5) is 13.2 Å². The molecule has 0 bridgehead atoms. The summed E-state index contributed by atoms with van der Waals surface area (Å²) in [5.41, 5.74) is 1.26. The fourth-order valence-corrected chi connectivity index (χ4v) is 3.41. The Balaban J connectivity index is 2.08. The maximum Gasteiger partial charge on any atom is 0.416 e. The average molecular weight is 439 g/mol. The van der Waals surface area contributed by atoms with Crippen molar-refractivity contribution in [2.45, 2.75) is 32.1 Å². The number of halogens is 3. The smallest absolute Gasteiger partial charge is 0.340 e. The zero-order valence-corrected chi connectivity index (χ0v) is 17.9. The first kappa shape index (κ1) is 23.8. The van der Waals surface area contributed by atoms with Gasteiger partial charge in [0.15, 0.2) is 0 Å². The number of benzene rings is 2. The summed E-state index contributed by atoms with van der Waals surface area (Å²) in [7, 11) is 1.57. The van der Waals surface area contributed by atoms with Crippen molar-refractivity contribution in [2.24, 2.45) is 0 Å². The largest absolute Gasteiger partial charge is 0.416 e. The zero-order chi connectivity index (χ0) is 22.3. The second-order valence-electron chi connectivity index (χ2n) is 7.07. The van der Waals surface area contributed by atoms with Crippen molar-refractivity contribution >= 4 is 23.6 Å². The number of carbonyl (C=O) groups is 2. The number of amides is 2. The second-order valence-corrected chi connectivity index (χ2v) is 8.05. The van der Waals surface area contributed by atoms with Crippen LogP contribution in [-0.4, -0.2) is 41.8 Å². The topological polar surface area (TPSA) is 49.4 Å². The lowest BCUT2D eigenvalue weighted by molar-refractivity contribution is -0.137. The Bertz CT molecular complexity index is 869. The normalized spacial score (nSPS) is 12.3. The molecule has 0 heterocycles. The molecular weight excluding hydrogens is 413 g/mol. The Morgan fingerprint density at radius 2 is 1.80 bits per heavy atom. The molecule has 2 aromatic carbocycles. The van der Waals surface area contributed by atoms with Crippen molar-refractivity contribution < 1.29 is 22.8 Å². The van der Waals surface area contributed by atoms with E-state index in [0.717, 1.165) is 17.7 Å². The minimum atomic E-state index is -4.40. The molecule has 0 fully saturated rings. The van der Waals surface area contributed by atoms with Gasteiger partial charge in [-0.05, 0) is 55.2 Å². The summed E-state index contributed by atoms with van der Waals surface area (Å²) in [4.78, 5) is 26.9. The van der Waals surface area contributed by atoms with Gasteiger partial charge >= 0.3 is 6.18 Å². The first-order chi connectivity index (χ1) is 14.1. The molecule has 1 atom stereocenters. The van der Waals surface area contributed by atoms with Crippen LogP contribution in [0.15, 0.2) is 48.5 Å². The molecule has 0 aliphatic heterocycles. The first-order valence-corrected chi connectivity index (χ1v) is 10.8. The van der Waals surface area contributed by atoms with Crippen molar-refractivity contribution in [3.8, 4) is 0 Å². The molecule has 0 aliphatic rings. The Labute approximate surface area is 178 Å². The van der Waals surface area contributed by atoms with Gasteiger partial charge in [0.2, 0.25) is 5.91 Å². The SMILES string of the molecule is CSCCC(NC(=O)c1cccc(C)c1)C(=O)N(C)Cc1ccc(C(F)(F)F)cc1. The van der Waals surface area contributed by atoms with Gasteiger partial charge in [0.05, 0.1) is 5.56 Å². The number of nitrogens with zero attached hydrogens (tertiary/aromatic N) is 1. The fraction of sp³-hybridized carbons (Fsp3) is 0.364. The highest BCUT2D eigenvalue weighted by Gasteiger charge is 2.30. The number of thioether (sulfide) groups is 1. The average Bonchev–Trinajstić information content (AvgIpc) is 2.70. The molecule has 2 amide bonds. The molecule has 4 nitrogen and oxygen atoms in total. The molecule has 0 aromatic heterocycles. The molecule has 1 unspecified atom stereocenters. The van der Waals surface area contributed by atoms with Gasteiger partial charge in [-0.3, -0.25) is 9.59 Å². The number of hydrogen-bond acceptors (Lipinski definition) is 3. The number of alkyl halides is 3. The van der Waals surface area contributed by atoms with Crippen LogP contribution in [0.3, 0.4) is 0 Å². The molecule has 2 rings (SSSR count). The Hall–Kier alpha value is -2.48. The van der Waals surface area contributed by atoms with E-state index >= 15 is 0 Å². The molecule has 0 spiro atoms. The number of carbonyl (C=O) groups excluding carboxylic acids is 2. The predicted molar refractivity (Wildman–Crippen MR) is 113 cm³/mol. The molecule has 8 heteroatoms. The third-order valence-corrected chi connectivity index (χ3v) is 5.22. The first-order valence-electron chi connectivity index (χ1n) is 9.39. The highest BCUT2D eigenvalue weighted by atomic mass is 32.2. The van der Waals surface area contributed by atoms with Crippen molar-refractivity contribution in [3.63, 3.8) is 0 Å². The second kappa shape index (κ2) is 10.5. The van der Waals surface area contributed by atoms with Crippen molar-refractivity contribution in [3.05, 3.63) is 70.8 Å². The lowest BCUT2D eigenvalue weighted by Gasteiger charge is -2.25. The molecule has 30 heavy (non-hydrogen) atoms. The number of nitrogens with one attached hydrogen (secondary N) is 1. The van der Waals surface area contributed by atoms with E-state index in [-0.39, 0.29) is 18.4 Å². The summed E-state index contributed by atoms with van der Waals surface area (Å²) in [6.07, 6.45) is -2.03. The van der Waals surface area contributed by atoms with Crippen LogP contribution in [0.25, 0.3) is 0 Å². The summed E-state index contributed by atoms with van der Waals surface area (Å²) in [6.45, 7) is 2.03. The van der Waals surface area contributed by atoms with Gasteiger partial charge < -0.3 is 10.2 Å². The van der Waals surface area contributed by atoms with E-state index in [1.54, 1.807) is 37.0 Å². The highest BCUT2D eigenvalue weighted by Crippen LogP contribution is 2.29. The molecule has 0 saturated carbocycles. The Morgan fingerprint density at radius 3 is 2.37 bits per heavy atom.